The topological polar surface area (TPSA) is 57.3 Å². The monoisotopic (exact) mass is 330 g/mol. The predicted molar refractivity (Wildman–Crippen MR) is 91.9 cm³/mol. The third-order valence-electron chi connectivity index (χ3n) is 4.95. The van der Waals surface area contributed by atoms with Crippen LogP contribution < -0.4 is 4.90 Å². The van der Waals surface area contributed by atoms with Gasteiger partial charge in [-0.15, -0.1) is 5.10 Å². The number of hydrogen-bond donors (Lipinski definition) is 1. The van der Waals surface area contributed by atoms with Crippen LogP contribution in [0.1, 0.15) is 49.7 Å². The summed E-state index contributed by atoms with van der Waals surface area (Å²) in [7, 11) is 0. The number of aryl methyl sites for hydroxylation is 1. The lowest BCUT2D eigenvalue weighted by Gasteiger charge is -2.26. The van der Waals surface area contributed by atoms with Crippen LogP contribution in [0.15, 0.2) is 24.3 Å². The highest BCUT2D eigenvalue weighted by molar-refractivity contribution is 5.26. The molecule has 24 heavy (non-hydrogen) atoms. The van der Waals surface area contributed by atoms with Crippen LogP contribution in [0.4, 0.5) is 0 Å². The van der Waals surface area contributed by atoms with E-state index in [1.807, 2.05) is 4.68 Å². The quantitative estimate of drug-likeness (QED) is 0.828. The molecule has 1 saturated heterocycles. The standard InChI is InChI=1S/C18H27N5O/c1-4-22(5-2)17(15-10-8-14(3)9-11-15)18-19-20-21-23(18)13-16-7-6-12-24-16/h8-11,16-17H,4-7,12-13H2,1-3H3/p+1/t16-,17+/m0/s1. The lowest BCUT2D eigenvalue weighted by molar-refractivity contribution is -0.923. The Kier molecular flexibility index (Phi) is 5.58. The van der Waals surface area contributed by atoms with Gasteiger partial charge in [0.2, 0.25) is 5.82 Å². The molecule has 2 heterocycles. The number of nitrogens with zero attached hydrogens (tertiary/aromatic N) is 4. The van der Waals surface area contributed by atoms with Gasteiger partial charge in [-0.3, -0.25) is 0 Å². The largest absolute Gasteiger partial charge is 0.376 e. The van der Waals surface area contributed by atoms with Crippen molar-refractivity contribution in [1.82, 2.24) is 20.2 Å². The van der Waals surface area contributed by atoms with Crippen LogP contribution in [0.2, 0.25) is 0 Å². The highest BCUT2D eigenvalue weighted by Crippen LogP contribution is 2.20. The van der Waals surface area contributed by atoms with E-state index < -0.39 is 0 Å². The molecule has 0 spiro atoms. The van der Waals surface area contributed by atoms with Gasteiger partial charge in [-0.1, -0.05) is 29.8 Å². The molecule has 0 unspecified atom stereocenters. The van der Waals surface area contributed by atoms with Gasteiger partial charge in [-0.2, -0.15) is 0 Å². The van der Waals surface area contributed by atoms with Gasteiger partial charge < -0.3 is 9.64 Å². The Bertz CT molecular complexity index is 629. The first kappa shape index (κ1) is 17.0. The summed E-state index contributed by atoms with van der Waals surface area (Å²) in [6.45, 7) is 10.2. The van der Waals surface area contributed by atoms with Crippen LogP contribution in [-0.4, -0.2) is 46.0 Å². The molecule has 3 rings (SSSR count). The third-order valence-corrected chi connectivity index (χ3v) is 4.95. The van der Waals surface area contributed by atoms with E-state index in [0.29, 0.717) is 0 Å². The lowest BCUT2D eigenvalue weighted by Crippen LogP contribution is -3.12. The van der Waals surface area contributed by atoms with Gasteiger partial charge in [0.1, 0.15) is 0 Å². The molecule has 6 nitrogen and oxygen atoms in total. The number of benzene rings is 1. The van der Waals surface area contributed by atoms with Crippen molar-refractivity contribution in [3.05, 3.63) is 41.2 Å². The molecular weight excluding hydrogens is 302 g/mol. The van der Waals surface area contributed by atoms with Gasteiger partial charge in [-0.05, 0) is 44.0 Å². The van der Waals surface area contributed by atoms with E-state index in [1.54, 1.807) is 0 Å². The van der Waals surface area contributed by atoms with Gasteiger partial charge in [-0.25, -0.2) is 4.68 Å². The van der Waals surface area contributed by atoms with Gasteiger partial charge in [0.15, 0.2) is 6.04 Å². The molecule has 2 atom stereocenters. The minimum atomic E-state index is 0.150. The average Bonchev–Trinajstić information content (AvgIpc) is 3.26. The Morgan fingerprint density at radius 3 is 2.62 bits per heavy atom. The summed E-state index contributed by atoms with van der Waals surface area (Å²) in [5.41, 5.74) is 2.54. The van der Waals surface area contributed by atoms with Crippen molar-refractivity contribution in [1.29, 1.82) is 0 Å². The van der Waals surface area contributed by atoms with E-state index in [2.05, 4.69) is 60.6 Å². The van der Waals surface area contributed by atoms with Crippen LogP contribution in [0, 0.1) is 6.92 Å². The zero-order chi connectivity index (χ0) is 16.9. The Labute approximate surface area is 143 Å². The highest BCUT2D eigenvalue weighted by atomic mass is 16.5. The first-order valence-corrected chi connectivity index (χ1v) is 9.01. The van der Waals surface area contributed by atoms with E-state index in [9.17, 15) is 0 Å². The SMILES string of the molecule is CC[NH+](CC)[C@H](c1ccc(C)cc1)c1nnnn1C[C@@H]1CCCO1. The fraction of sp³-hybridized carbons (Fsp3) is 0.611. The van der Waals surface area contributed by atoms with Crippen LogP contribution in [0.3, 0.4) is 0 Å². The van der Waals surface area contributed by atoms with Gasteiger partial charge in [0.25, 0.3) is 0 Å². The minimum absolute atomic E-state index is 0.150. The summed E-state index contributed by atoms with van der Waals surface area (Å²) in [5.74, 6) is 0.938. The molecule has 0 aliphatic carbocycles. The van der Waals surface area contributed by atoms with Crippen molar-refractivity contribution in [3.8, 4) is 0 Å². The molecule has 1 aromatic heterocycles. The van der Waals surface area contributed by atoms with Gasteiger partial charge in [0.05, 0.1) is 25.7 Å². The Morgan fingerprint density at radius 1 is 1.25 bits per heavy atom. The minimum Gasteiger partial charge on any atom is -0.376 e. The fourth-order valence-corrected chi connectivity index (χ4v) is 3.51. The first-order valence-electron chi connectivity index (χ1n) is 9.01. The maximum absolute atomic E-state index is 5.77. The molecule has 1 aromatic carbocycles. The number of rotatable bonds is 7. The van der Waals surface area contributed by atoms with Gasteiger partial charge >= 0.3 is 0 Å². The smallest absolute Gasteiger partial charge is 0.214 e. The lowest BCUT2D eigenvalue weighted by atomic mass is 10.0. The number of quaternary nitrogens is 1. The Morgan fingerprint density at radius 2 is 2.00 bits per heavy atom. The van der Waals surface area contributed by atoms with E-state index >= 15 is 0 Å². The van der Waals surface area contributed by atoms with Crippen LogP contribution >= 0.6 is 0 Å². The number of nitrogens with one attached hydrogen (secondary N) is 1. The summed E-state index contributed by atoms with van der Waals surface area (Å²) < 4.78 is 7.72. The fourth-order valence-electron chi connectivity index (χ4n) is 3.51. The number of ether oxygens (including phenoxy) is 1. The predicted octanol–water partition coefficient (Wildman–Crippen LogP) is 1.17. The van der Waals surface area contributed by atoms with E-state index in [-0.39, 0.29) is 12.1 Å². The molecule has 1 aliphatic rings. The molecule has 0 amide bonds. The molecule has 0 bridgehead atoms. The number of tetrazole rings is 1. The van der Waals surface area contributed by atoms with Crippen molar-refractivity contribution in [2.24, 2.45) is 0 Å². The van der Waals surface area contributed by atoms with Crippen molar-refractivity contribution >= 4 is 0 Å². The normalized spacial score (nSPS) is 19.1. The van der Waals surface area contributed by atoms with Crippen molar-refractivity contribution in [3.63, 3.8) is 0 Å². The van der Waals surface area contributed by atoms with Crippen LogP contribution in [-0.2, 0) is 11.3 Å². The molecule has 130 valence electrons. The zero-order valence-electron chi connectivity index (χ0n) is 14.9. The molecule has 2 aromatic rings. The third kappa shape index (κ3) is 3.65. The van der Waals surface area contributed by atoms with Crippen molar-refractivity contribution in [2.45, 2.75) is 52.3 Å². The second kappa shape index (κ2) is 7.85. The molecule has 0 radical (unpaired) electrons. The maximum atomic E-state index is 5.77. The number of hydrogen-bond acceptors (Lipinski definition) is 4. The summed E-state index contributed by atoms with van der Waals surface area (Å²) in [6, 6.07) is 8.89. The summed E-state index contributed by atoms with van der Waals surface area (Å²) in [5, 5.41) is 12.6. The van der Waals surface area contributed by atoms with Crippen LogP contribution in [0.5, 0.6) is 0 Å². The highest BCUT2D eigenvalue weighted by Gasteiger charge is 2.31. The molecule has 1 aliphatic heterocycles. The molecule has 1 fully saturated rings. The van der Waals surface area contributed by atoms with Crippen molar-refractivity contribution in [2.75, 3.05) is 19.7 Å². The molecular formula is C18H28N5O+. The summed E-state index contributed by atoms with van der Waals surface area (Å²) in [6.07, 6.45) is 2.45. The molecule has 0 saturated carbocycles. The maximum Gasteiger partial charge on any atom is 0.214 e. The van der Waals surface area contributed by atoms with E-state index in [4.69, 9.17) is 4.74 Å². The summed E-state index contributed by atoms with van der Waals surface area (Å²) >= 11 is 0. The summed E-state index contributed by atoms with van der Waals surface area (Å²) in [4.78, 5) is 1.46. The van der Waals surface area contributed by atoms with Gasteiger partial charge in [0, 0.05) is 12.2 Å². The Hall–Kier alpha value is -1.79. The van der Waals surface area contributed by atoms with Crippen LogP contribution in [0.25, 0.3) is 0 Å². The first-order chi connectivity index (χ1) is 11.7. The second-order valence-corrected chi connectivity index (χ2v) is 6.56. The number of aromatic nitrogens is 4. The molecule has 1 N–H and O–H groups in total. The van der Waals surface area contributed by atoms with Crippen molar-refractivity contribution < 1.29 is 9.64 Å². The Balaban J connectivity index is 1.93. The average molecular weight is 330 g/mol. The van der Waals surface area contributed by atoms with E-state index in [1.165, 1.54) is 16.0 Å². The van der Waals surface area contributed by atoms with E-state index in [0.717, 1.165) is 44.9 Å². The second-order valence-electron chi connectivity index (χ2n) is 6.56. The molecule has 6 heteroatoms. The zero-order valence-corrected chi connectivity index (χ0v) is 14.9.